The summed E-state index contributed by atoms with van der Waals surface area (Å²) in [7, 11) is 0. The summed E-state index contributed by atoms with van der Waals surface area (Å²) in [4.78, 5) is 13.9. The summed E-state index contributed by atoms with van der Waals surface area (Å²) in [6, 6.07) is 0.708. The molecule has 1 heterocycles. The molecule has 1 amide bonds. The van der Waals surface area contributed by atoms with Gasteiger partial charge in [0.15, 0.2) is 0 Å². The van der Waals surface area contributed by atoms with Crippen LogP contribution in [0, 0.1) is 0 Å². The largest absolute Gasteiger partial charge is 0.444 e. The van der Waals surface area contributed by atoms with Crippen LogP contribution >= 0.6 is 0 Å². The van der Waals surface area contributed by atoms with Crippen molar-refractivity contribution in [1.29, 1.82) is 0 Å². The molecule has 2 unspecified atom stereocenters. The minimum atomic E-state index is -0.424. The number of likely N-dealkylation sites (tertiary alicyclic amines) is 1. The molecule has 1 fully saturated rings. The first-order chi connectivity index (χ1) is 8.83. The molecule has 0 saturated carbocycles. The first kappa shape index (κ1) is 16.2. The number of nitrogens with one attached hydrogen (secondary N) is 1. The number of piperidine rings is 1. The summed E-state index contributed by atoms with van der Waals surface area (Å²) in [5.74, 6) is 0. The molecule has 0 aromatic heterocycles. The van der Waals surface area contributed by atoms with Crippen molar-refractivity contribution in [2.45, 2.75) is 64.6 Å². The predicted molar refractivity (Wildman–Crippen MR) is 77.1 cm³/mol. The van der Waals surface area contributed by atoms with E-state index in [2.05, 4.69) is 12.2 Å². The van der Waals surface area contributed by atoms with Gasteiger partial charge >= 0.3 is 6.09 Å². The van der Waals surface area contributed by atoms with Crippen molar-refractivity contribution in [3.8, 4) is 0 Å². The Kier molecular flexibility index (Phi) is 6.07. The standard InChI is InChI=1S/C14H29N3O2/c1-11-10-12(16-8-5-7-15)6-9-17(11)13(18)19-14(2,3)4/h11-12,16H,5-10,15H2,1-4H3. The molecule has 0 aromatic rings. The molecular weight excluding hydrogens is 242 g/mol. The van der Waals surface area contributed by atoms with E-state index in [-0.39, 0.29) is 12.1 Å². The van der Waals surface area contributed by atoms with E-state index >= 15 is 0 Å². The van der Waals surface area contributed by atoms with E-state index in [4.69, 9.17) is 10.5 Å². The Morgan fingerprint density at radius 1 is 1.47 bits per heavy atom. The van der Waals surface area contributed by atoms with Crippen LogP contribution in [0.25, 0.3) is 0 Å². The Morgan fingerprint density at radius 2 is 2.16 bits per heavy atom. The highest BCUT2D eigenvalue weighted by Gasteiger charge is 2.31. The Balaban J connectivity index is 2.39. The van der Waals surface area contributed by atoms with Crippen LogP contribution in [0.5, 0.6) is 0 Å². The zero-order chi connectivity index (χ0) is 14.5. The lowest BCUT2D eigenvalue weighted by Gasteiger charge is -2.38. The molecule has 5 heteroatoms. The molecule has 0 radical (unpaired) electrons. The molecule has 0 aliphatic carbocycles. The monoisotopic (exact) mass is 271 g/mol. The Bertz CT molecular complexity index is 289. The first-order valence-corrected chi connectivity index (χ1v) is 7.26. The summed E-state index contributed by atoms with van der Waals surface area (Å²) in [5.41, 5.74) is 5.06. The van der Waals surface area contributed by atoms with Crippen LogP contribution in [-0.2, 0) is 4.74 Å². The molecule has 1 saturated heterocycles. The zero-order valence-corrected chi connectivity index (χ0v) is 12.7. The zero-order valence-electron chi connectivity index (χ0n) is 12.7. The van der Waals surface area contributed by atoms with Crippen molar-refractivity contribution in [2.75, 3.05) is 19.6 Å². The molecule has 112 valence electrons. The highest BCUT2D eigenvalue weighted by Crippen LogP contribution is 2.20. The number of nitrogens with zero attached hydrogens (tertiary/aromatic N) is 1. The number of carbonyl (C=O) groups is 1. The second kappa shape index (κ2) is 7.10. The molecule has 19 heavy (non-hydrogen) atoms. The Morgan fingerprint density at radius 3 is 2.68 bits per heavy atom. The van der Waals surface area contributed by atoms with Crippen molar-refractivity contribution < 1.29 is 9.53 Å². The van der Waals surface area contributed by atoms with Gasteiger partial charge in [0.05, 0.1) is 0 Å². The van der Waals surface area contributed by atoms with E-state index in [9.17, 15) is 4.79 Å². The number of rotatable bonds is 4. The quantitative estimate of drug-likeness (QED) is 0.764. The van der Waals surface area contributed by atoms with Gasteiger partial charge in [0, 0.05) is 18.6 Å². The lowest BCUT2D eigenvalue weighted by Crippen LogP contribution is -2.51. The van der Waals surface area contributed by atoms with Gasteiger partial charge in [-0.25, -0.2) is 4.79 Å². The first-order valence-electron chi connectivity index (χ1n) is 7.26. The van der Waals surface area contributed by atoms with Crippen molar-refractivity contribution >= 4 is 6.09 Å². The van der Waals surface area contributed by atoms with E-state index in [1.807, 2.05) is 25.7 Å². The summed E-state index contributed by atoms with van der Waals surface area (Å²) in [5, 5.41) is 3.50. The van der Waals surface area contributed by atoms with Crippen LogP contribution in [0.15, 0.2) is 0 Å². The summed E-state index contributed by atoms with van der Waals surface area (Å²) < 4.78 is 5.43. The van der Waals surface area contributed by atoms with Gasteiger partial charge in [-0.3, -0.25) is 0 Å². The molecular formula is C14H29N3O2. The SMILES string of the molecule is CC1CC(NCCCN)CCN1C(=O)OC(C)(C)C. The van der Waals surface area contributed by atoms with Gasteiger partial charge in [-0.05, 0) is 60.0 Å². The van der Waals surface area contributed by atoms with Crippen LogP contribution < -0.4 is 11.1 Å². The van der Waals surface area contributed by atoms with Gasteiger partial charge < -0.3 is 20.7 Å². The maximum Gasteiger partial charge on any atom is 0.410 e. The average Bonchev–Trinajstić information content (AvgIpc) is 2.27. The van der Waals surface area contributed by atoms with Gasteiger partial charge in [0.2, 0.25) is 0 Å². The number of hydrogen-bond acceptors (Lipinski definition) is 4. The highest BCUT2D eigenvalue weighted by molar-refractivity contribution is 5.68. The number of hydrogen-bond donors (Lipinski definition) is 2. The maximum absolute atomic E-state index is 12.1. The van der Waals surface area contributed by atoms with Gasteiger partial charge in [-0.15, -0.1) is 0 Å². The van der Waals surface area contributed by atoms with E-state index in [0.717, 1.165) is 38.9 Å². The summed E-state index contributed by atoms with van der Waals surface area (Å²) in [6.07, 6.45) is 2.76. The number of amides is 1. The second-order valence-corrected chi connectivity index (χ2v) is 6.34. The van der Waals surface area contributed by atoms with Crippen molar-refractivity contribution in [3.05, 3.63) is 0 Å². The predicted octanol–water partition coefficient (Wildman–Crippen LogP) is 1.71. The molecule has 0 spiro atoms. The van der Waals surface area contributed by atoms with Gasteiger partial charge in [-0.1, -0.05) is 0 Å². The maximum atomic E-state index is 12.1. The second-order valence-electron chi connectivity index (χ2n) is 6.34. The topological polar surface area (TPSA) is 67.6 Å². The average molecular weight is 271 g/mol. The molecule has 0 aromatic carbocycles. The fourth-order valence-electron chi connectivity index (χ4n) is 2.36. The Hall–Kier alpha value is -0.810. The summed E-state index contributed by atoms with van der Waals surface area (Å²) in [6.45, 7) is 10.2. The molecule has 5 nitrogen and oxygen atoms in total. The third kappa shape index (κ3) is 5.78. The van der Waals surface area contributed by atoms with Crippen LogP contribution in [0.3, 0.4) is 0 Å². The fraction of sp³-hybridized carbons (Fsp3) is 0.929. The normalized spacial score (nSPS) is 24.4. The number of carbonyl (C=O) groups excluding carboxylic acids is 1. The molecule has 0 bridgehead atoms. The van der Waals surface area contributed by atoms with Crippen molar-refractivity contribution in [2.24, 2.45) is 5.73 Å². The van der Waals surface area contributed by atoms with Crippen LogP contribution in [0.1, 0.15) is 47.0 Å². The molecule has 3 N–H and O–H groups in total. The molecule has 1 rings (SSSR count). The van der Waals surface area contributed by atoms with E-state index in [1.54, 1.807) is 0 Å². The lowest BCUT2D eigenvalue weighted by atomic mass is 9.98. The van der Waals surface area contributed by atoms with Crippen LogP contribution in [-0.4, -0.2) is 48.3 Å². The van der Waals surface area contributed by atoms with Gasteiger partial charge in [0.1, 0.15) is 5.60 Å². The minimum Gasteiger partial charge on any atom is -0.444 e. The van der Waals surface area contributed by atoms with E-state index in [0.29, 0.717) is 6.04 Å². The third-order valence-corrected chi connectivity index (χ3v) is 3.32. The van der Waals surface area contributed by atoms with Gasteiger partial charge in [0.25, 0.3) is 0 Å². The molecule has 1 aliphatic rings. The van der Waals surface area contributed by atoms with Crippen LogP contribution in [0.4, 0.5) is 4.79 Å². The Labute approximate surface area is 116 Å². The van der Waals surface area contributed by atoms with Crippen LogP contribution in [0.2, 0.25) is 0 Å². The lowest BCUT2D eigenvalue weighted by molar-refractivity contribution is 0.00941. The minimum absolute atomic E-state index is 0.194. The fourth-order valence-corrected chi connectivity index (χ4v) is 2.36. The van der Waals surface area contributed by atoms with Crippen molar-refractivity contribution in [1.82, 2.24) is 10.2 Å². The third-order valence-electron chi connectivity index (χ3n) is 3.32. The highest BCUT2D eigenvalue weighted by atomic mass is 16.6. The van der Waals surface area contributed by atoms with E-state index in [1.165, 1.54) is 0 Å². The van der Waals surface area contributed by atoms with E-state index < -0.39 is 5.60 Å². The smallest absolute Gasteiger partial charge is 0.410 e. The number of ether oxygens (including phenoxy) is 1. The number of nitrogens with two attached hydrogens (primary N) is 1. The van der Waals surface area contributed by atoms with Gasteiger partial charge in [-0.2, -0.15) is 0 Å². The summed E-state index contributed by atoms with van der Waals surface area (Å²) >= 11 is 0. The van der Waals surface area contributed by atoms with Crippen molar-refractivity contribution in [3.63, 3.8) is 0 Å². The molecule has 1 aliphatic heterocycles. The molecule has 2 atom stereocenters.